The lowest BCUT2D eigenvalue weighted by Gasteiger charge is -2.39. The fourth-order valence-electron chi connectivity index (χ4n) is 5.11. The van der Waals surface area contributed by atoms with Crippen LogP contribution in [-0.2, 0) is 14.9 Å². The van der Waals surface area contributed by atoms with Gasteiger partial charge in [-0.2, -0.15) is 0 Å². The molecule has 2 nitrogen and oxygen atoms in total. The van der Waals surface area contributed by atoms with Gasteiger partial charge in [0.1, 0.15) is 6.29 Å². The first kappa shape index (κ1) is 20.6. The van der Waals surface area contributed by atoms with E-state index in [1.165, 1.54) is 16.7 Å². The van der Waals surface area contributed by atoms with E-state index in [-0.39, 0.29) is 22.9 Å². The summed E-state index contributed by atoms with van der Waals surface area (Å²) in [6.07, 6.45) is 2.50. The van der Waals surface area contributed by atoms with E-state index in [0.717, 1.165) is 12.7 Å². The highest BCUT2D eigenvalue weighted by molar-refractivity contribution is 5.52. The van der Waals surface area contributed by atoms with Crippen molar-refractivity contribution in [2.24, 2.45) is 5.41 Å². The van der Waals surface area contributed by atoms with Crippen LogP contribution in [0.25, 0.3) is 0 Å². The molecule has 154 valence electrons. The zero-order valence-corrected chi connectivity index (χ0v) is 17.8. The highest BCUT2D eigenvalue weighted by Gasteiger charge is 2.50. The molecule has 30 heavy (non-hydrogen) atoms. The fraction of sp³-hybridized carbons (Fsp3) is 0.321. The van der Waals surface area contributed by atoms with Crippen LogP contribution in [0.3, 0.4) is 0 Å². The minimum atomic E-state index is -0.187. The summed E-state index contributed by atoms with van der Waals surface area (Å²) >= 11 is 0. The average molecular weight is 399 g/mol. The average Bonchev–Trinajstić information content (AvgIpc) is 3.27. The number of benzene rings is 3. The minimum absolute atomic E-state index is 0.0445. The van der Waals surface area contributed by atoms with Crippen LogP contribution in [-0.4, -0.2) is 19.0 Å². The first-order valence-corrected chi connectivity index (χ1v) is 10.8. The van der Waals surface area contributed by atoms with Gasteiger partial charge in [0.25, 0.3) is 0 Å². The number of carbonyl (C=O) groups excluding carboxylic acids is 1. The van der Waals surface area contributed by atoms with Gasteiger partial charge in [-0.15, -0.1) is 0 Å². The van der Waals surface area contributed by atoms with Crippen molar-refractivity contribution in [2.75, 3.05) is 6.61 Å². The first-order valence-electron chi connectivity index (χ1n) is 10.8. The van der Waals surface area contributed by atoms with E-state index in [1.807, 2.05) is 6.07 Å². The topological polar surface area (TPSA) is 26.3 Å². The van der Waals surface area contributed by atoms with Crippen molar-refractivity contribution in [3.8, 4) is 0 Å². The van der Waals surface area contributed by atoms with Gasteiger partial charge in [0.15, 0.2) is 0 Å². The molecule has 0 aliphatic carbocycles. The molecule has 1 heterocycles. The second-order valence-electron chi connectivity index (χ2n) is 9.00. The van der Waals surface area contributed by atoms with Gasteiger partial charge in [-0.1, -0.05) is 105 Å². The number of ether oxygens (including phenoxy) is 1. The van der Waals surface area contributed by atoms with Crippen molar-refractivity contribution in [2.45, 2.75) is 44.1 Å². The molecule has 1 aliphatic rings. The number of hydrogen-bond acceptors (Lipinski definition) is 2. The molecule has 0 aromatic heterocycles. The summed E-state index contributed by atoms with van der Waals surface area (Å²) in [5.74, 6) is 0.114. The molecular formula is C28H30O2. The molecule has 0 saturated carbocycles. The summed E-state index contributed by atoms with van der Waals surface area (Å²) < 4.78 is 6.58. The minimum Gasteiger partial charge on any atom is -0.376 e. The SMILES string of the molecule is CC(C)(C1CC(c2ccccc2)(c2ccccc2)CO1)[C@@H](CC=O)c1ccccc1. The second kappa shape index (κ2) is 8.57. The van der Waals surface area contributed by atoms with E-state index >= 15 is 0 Å². The molecule has 0 radical (unpaired) electrons. The standard InChI is InChI=1S/C28H30O2/c1-27(2,25(18-19-29)22-12-6-3-7-13-22)26-20-28(21-30-26,23-14-8-4-9-15-23)24-16-10-5-11-17-24/h3-17,19,25-26H,18,20-21H2,1-2H3/t25-,26?/m0/s1. The third kappa shape index (κ3) is 3.73. The summed E-state index contributed by atoms with van der Waals surface area (Å²) in [6, 6.07) is 31.8. The quantitative estimate of drug-likeness (QED) is 0.446. The molecule has 2 atom stereocenters. The molecule has 1 unspecified atom stereocenters. The van der Waals surface area contributed by atoms with Crippen LogP contribution in [0, 0.1) is 5.41 Å². The van der Waals surface area contributed by atoms with Crippen LogP contribution in [0.15, 0.2) is 91.0 Å². The van der Waals surface area contributed by atoms with E-state index in [9.17, 15) is 4.79 Å². The number of hydrogen-bond donors (Lipinski definition) is 0. The molecule has 4 rings (SSSR count). The van der Waals surface area contributed by atoms with E-state index in [0.29, 0.717) is 13.0 Å². The molecule has 2 heteroatoms. The molecule has 1 aliphatic heterocycles. The van der Waals surface area contributed by atoms with Crippen molar-refractivity contribution in [3.05, 3.63) is 108 Å². The Bertz CT molecular complexity index is 908. The maximum atomic E-state index is 11.6. The Labute approximate surface area is 179 Å². The van der Waals surface area contributed by atoms with E-state index in [4.69, 9.17) is 4.74 Å². The van der Waals surface area contributed by atoms with Crippen LogP contribution in [0.5, 0.6) is 0 Å². The van der Waals surface area contributed by atoms with Crippen molar-refractivity contribution in [1.82, 2.24) is 0 Å². The molecule has 3 aromatic carbocycles. The van der Waals surface area contributed by atoms with Crippen LogP contribution in [0.4, 0.5) is 0 Å². The van der Waals surface area contributed by atoms with Crippen LogP contribution in [0.2, 0.25) is 0 Å². The predicted octanol–water partition coefficient (Wildman–Crippen LogP) is 6.16. The third-order valence-corrected chi connectivity index (χ3v) is 6.98. The molecule has 1 saturated heterocycles. The summed E-state index contributed by atoms with van der Waals surface area (Å²) in [4.78, 5) is 11.6. The fourth-order valence-corrected chi connectivity index (χ4v) is 5.11. The Morgan fingerprint density at radius 3 is 1.90 bits per heavy atom. The molecule has 0 bridgehead atoms. The maximum absolute atomic E-state index is 11.6. The van der Waals surface area contributed by atoms with Crippen LogP contribution >= 0.6 is 0 Å². The molecule has 0 spiro atoms. The largest absolute Gasteiger partial charge is 0.376 e. The highest BCUT2D eigenvalue weighted by atomic mass is 16.5. The van der Waals surface area contributed by atoms with Crippen molar-refractivity contribution in [3.63, 3.8) is 0 Å². The zero-order valence-electron chi connectivity index (χ0n) is 17.8. The monoisotopic (exact) mass is 398 g/mol. The van der Waals surface area contributed by atoms with Crippen molar-refractivity contribution >= 4 is 6.29 Å². The second-order valence-corrected chi connectivity index (χ2v) is 9.00. The smallest absolute Gasteiger partial charge is 0.120 e. The molecule has 0 N–H and O–H groups in total. The molecule has 0 amide bonds. The Hall–Kier alpha value is -2.71. The Balaban J connectivity index is 1.72. The van der Waals surface area contributed by atoms with Gasteiger partial charge < -0.3 is 9.53 Å². The van der Waals surface area contributed by atoms with Gasteiger partial charge in [-0.05, 0) is 34.4 Å². The Morgan fingerprint density at radius 2 is 1.40 bits per heavy atom. The van der Waals surface area contributed by atoms with Crippen molar-refractivity contribution < 1.29 is 9.53 Å². The normalized spacial score (nSPS) is 19.3. The van der Waals surface area contributed by atoms with E-state index < -0.39 is 0 Å². The van der Waals surface area contributed by atoms with Crippen LogP contribution in [0.1, 0.15) is 49.3 Å². The van der Waals surface area contributed by atoms with Gasteiger partial charge in [0.2, 0.25) is 0 Å². The van der Waals surface area contributed by atoms with Gasteiger partial charge >= 0.3 is 0 Å². The molecular weight excluding hydrogens is 368 g/mol. The van der Waals surface area contributed by atoms with E-state index in [1.54, 1.807) is 0 Å². The van der Waals surface area contributed by atoms with Gasteiger partial charge in [0, 0.05) is 11.8 Å². The predicted molar refractivity (Wildman–Crippen MR) is 122 cm³/mol. The van der Waals surface area contributed by atoms with E-state index in [2.05, 4.69) is 98.8 Å². The van der Waals surface area contributed by atoms with Gasteiger partial charge in [0.05, 0.1) is 12.7 Å². The third-order valence-electron chi connectivity index (χ3n) is 6.98. The Morgan fingerprint density at radius 1 is 0.900 bits per heavy atom. The zero-order chi connectivity index (χ0) is 21.0. The lowest BCUT2D eigenvalue weighted by molar-refractivity contribution is -0.109. The summed E-state index contributed by atoms with van der Waals surface area (Å²) in [5, 5.41) is 0. The maximum Gasteiger partial charge on any atom is 0.120 e. The molecule has 1 fully saturated rings. The van der Waals surface area contributed by atoms with Crippen LogP contribution < -0.4 is 0 Å². The number of aldehydes is 1. The van der Waals surface area contributed by atoms with Gasteiger partial charge in [-0.3, -0.25) is 0 Å². The first-order chi connectivity index (χ1) is 14.6. The summed E-state index contributed by atoms with van der Waals surface area (Å²) in [5.41, 5.74) is 3.43. The number of carbonyl (C=O) groups is 1. The lowest BCUT2D eigenvalue weighted by Crippen LogP contribution is -2.37. The molecule has 3 aromatic rings. The van der Waals surface area contributed by atoms with Gasteiger partial charge in [-0.25, -0.2) is 0 Å². The highest BCUT2D eigenvalue weighted by Crippen LogP contribution is 2.51. The number of rotatable bonds is 7. The Kier molecular flexibility index (Phi) is 5.87. The van der Waals surface area contributed by atoms with Crippen molar-refractivity contribution in [1.29, 1.82) is 0 Å². The summed E-state index contributed by atoms with van der Waals surface area (Å²) in [7, 11) is 0. The lowest BCUT2D eigenvalue weighted by atomic mass is 9.65. The summed E-state index contributed by atoms with van der Waals surface area (Å²) in [6.45, 7) is 5.16.